The summed E-state index contributed by atoms with van der Waals surface area (Å²) >= 11 is 1.50. The van der Waals surface area contributed by atoms with Crippen LogP contribution in [0.5, 0.6) is 0 Å². The first-order valence-corrected chi connectivity index (χ1v) is 6.15. The number of halogens is 3. The lowest BCUT2D eigenvalue weighted by Crippen LogP contribution is -2.10. The standard InChI is InChI=1S/C11H13F3OS/c1-16-7-9(6-15)8-3-2-4-10(5-8)11(12,13)14/h2-5,9,15H,6-7H2,1H3. The van der Waals surface area contributed by atoms with Crippen LogP contribution in [0.2, 0.25) is 0 Å². The van der Waals surface area contributed by atoms with E-state index < -0.39 is 11.7 Å². The van der Waals surface area contributed by atoms with Gasteiger partial charge in [0, 0.05) is 11.7 Å². The number of hydrogen-bond donors (Lipinski definition) is 1. The van der Waals surface area contributed by atoms with E-state index in [-0.39, 0.29) is 12.5 Å². The molecule has 0 spiro atoms. The third kappa shape index (κ3) is 3.42. The largest absolute Gasteiger partial charge is 0.416 e. The van der Waals surface area contributed by atoms with Gasteiger partial charge in [-0.2, -0.15) is 24.9 Å². The molecule has 0 aliphatic rings. The lowest BCUT2D eigenvalue weighted by atomic mass is 9.99. The summed E-state index contributed by atoms with van der Waals surface area (Å²) in [7, 11) is 0. The Balaban J connectivity index is 2.97. The number of rotatable bonds is 4. The zero-order chi connectivity index (χ0) is 12.2. The highest BCUT2D eigenvalue weighted by atomic mass is 32.2. The Kier molecular flexibility index (Phi) is 4.68. The third-order valence-corrected chi connectivity index (χ3v) is 3.01. The van der Waals surface area contributed by atoms with Crippen LogP contribution in [0.4, 0.5) is 13.2 Å². The smallest absolute Gasteiger partial charge is 0.396 e. The van der Waals surface area contributed by atoms with Gasteiger partial charge in [-0.1, -0.05) is 18.2 Å². The highest BCUT2D eigenvalue weighted by molar-refractivity contribution is 7.98. The van der Waals surface area contributed by atoms with E-state index in [1.165, 1.54) is 17.8 Å². The van der Waals surface area contributed by atoms with Crippen LogP contribution in [0, 0.1) is 0 Å². The molecule has 16 heavy (non-hydrogen) atoms. The maximum atomic E-state index is 12.5. The van der Waals surface area contributed by atoms with Gasteiger partial charge in [-0.15, -0.1) is 0 Å². The van der Waals surface area contributed by atoms with Crippen molar-refractivity contribution in [3.63, 3.8) is 0 Å². The molecule has 1 aromatic rings. The fourth-order valence-electron chi connectivity index (χ4n) is 1.42. The molecular weight excluding hydrogens is 237 g/mol. The van der Waals surface area contributed by atoms with Gasteiger partial charge in [-0.05, 0) is 17.9 Å². The number of thioether (sulfide) groups is 1. The zero-order valence-corrected chi connectivity index (χ0v) is 9.61. The van der Waals surface area contributed by atoms with Crippen molar-refractivity contribution in [2.24, 2.45) is 0 Å². The van der Waals surface area contributed by atoms with Crippen LogP contribution in [0.25, 0.3) is 0 Å². The van der Waals surface area contributed by atoms with Gasteiger partial charge in [0.15, 0.2) is 0 Å². The van der Waals surface area contributed by atoms with Crippen LogP contribution in [-0.4, -0.2) is 23.7 Å². The Morgan fingerprint density at radius 2 is 2.06 bits per heavy atom. The van der Waals surface area contributed by atoms with E-state index in [9.17, 15) is 13.2 Å². The van der Waals surface area contributed by atoms with E-state index in [0.29, 0.717) is 11.3 Å². The third-order valence-electron chi connectivity index (χ3n) is 2.27. The quantitative estimate of drug-likeness (QED) is 0.885. The van der Waals surface area contributed by atoms with Crippen LogP contribution >= 0.6 is 11.8 Å². The molecule has 1 N–H and O–H groups in total. The minimum absolute atomic E-state index is 0.137. The van der Waals surface area contributed by atoms with Crippen LogP contribution < -0.4 is 0 Å². The number of hydrogen-bond acceptors (Lipinski definition) is 2. The average Bonchev–Trinajstić information content (AvgIpc) is 2.25. The minimum atomic E-state index is -4.32. The van der Waals surface area contributed by atoms with Gasteiger partial charge in [0.1, 0.15) is 0 Å². The second-order valence-corrected chi connectivity index (χ2v) is 4.37. The Morgan fingerprint density at radius 1 is 1.38 bits per heavy atom. The van der Waals surface area contributed by atoms with Gasteiger partial charge >= 0.3 is 6.18 Å². The first kappa shape index (κ1) is 13.4. The molecular formula is C11H13F3OS. The molecule has 0 fully saturated rings. The summed E-state index contributed by atoms with van der Waals surface area (Å²) in [6, 6.07) is 5.14. The molecule has 0 aliphatic heterocycles. The SMILES string of the molecule is CSCC(CO)c1cccc(C(F)(F)F)c1. The highest BCUT2D eigenvalue weighted by Gasteiger charge is 2.30. The first-order valence-electron chi connectivity index (χ1n) is 4.76. The van der Waals surface area contributed by atoms with Crippen molar-refractivity contribution in [2.45, 2.75) is 12.1 Å². The number of aliphatic hydroxyl groups excluding tert-OH is 1. The van der Waals surface area contributed by atoms with Crippen molar-refractivity contribution in [1.82, 2.24) is 0 Å². The Hall–Kier alpha value is -0.680. The molecule has 1 nitrogen and oxygen atoms in total. The molecule has 1 unspecified atom stereocenters. The van der Waals surface area contributed by atoms with Crippen molar-refractivity contribution in [3.05, 3.63) is 35.4 Å². The van der Waals surface area contributed by atoms with E-state index >= 15 is 0 Å². The predicted octanol–water partition coefficient (Wildman–Crippen LogP) is 3.14. The summed E-state index contributed by atoms with van der Waals surface area (Å²) in [6.07, 6.45) is -2.47. The Labute approximate surface area is 96.7 Å². The molecule has 90 valence electrons. The molecule has 1 rings (SSSR count). The number of benzene rings is 1. The predicted molar refractivity (Wildman–Crippen MR) is 59.7 cm³/mol. The van der Waals surface area contributed by atoms with Gasteiger partial charge in [0.25, 0.3) is 0 Å². The van der Waals surface area contributed by atoms with Crippen LogP contribution in [0.1, 0.15) is 17.0 Å². The molecule has 0 amide bonds. The second kappa shape index (κ2) is 5.59. The van der Waals surface area contributed by atoms with Gasteiger partial charge < -0.3 is 5.11 Å². The molecule has 0 aliphatic carbocycles. The van der Waals surface area contributed by atoms with Crippen molar-refractivity contribution in [3.8, 4) is 0 Å². The maximum absolute atomic E-state index is 12.5. The Morgan fingerprint density at radius 3 is 2.56 bits per heavy atom. The van der Waals surface area contributed by atoms with E-state index in [1.54, 1.807) is 6.07 Å². The summed E-state index contributed by atoms with van der Waals surface area (Å²) in [5, 5.41) is 9.11. The molecule has 0 saturated heterocycles. The summed E-state index contributed by atoms with van der Waals surface area (Å²) in [4.78, 5) is 0. The van der Waals surface area contributed by atoms with Crippen LogP contribution in [0.3, 0.4) is 0 Å². The average molecular weight is 250 g/mol. The van der Waals surface area contributed by atoms with Crippen LogP contribution in [0.15, 0.2) is 24.3 Å². The van der Waals surface area contributed by atoms with Crippen LogP contribution in [-0.2, 0) is 6.18 Å². The summed E-state index contributed by atoms with van der Waals surface area (Å²) in [5.74, 6) is 0.370. The highest BCUT2D eigenvalue weighted by Crippen LogP contribution is 2.31. The topological polar surface area (TPSA) is 20.2 Å². The van der Waals surface area contributed by atoms with Crippen molar-refractivity contribution in [1.29, 1.82) is 0 Å². The summed E-state index contributed by atoms with van der Waals surface area (Å²) in [6.45, 7) is -0.137. The van der Waals surface area contributed by atoms with E-state index in [1.807, 2.05) is 6.26 Å². The first-order chi connectivity index (χ1) is 7.49. The number of aliphatic hydroxyl groups is 1. The van der Waals surface area contributed by atoms with Crippen molar-refractivity contribution in [2.75, 3.05) is 18.6 Å². The summed E-state index contributed by atoms with van der Waals surface area (Å²) < 4.78 is 37.4. The number of alkyl halides is 3. The molecule has 1 atom stereocenters. The van der Waals surface area contributed by atoms with Gasteiger partial charge in [-0.25, -0.2) is 0 Å². The van der Waals surface area contributed by atoms with E-state index in [2.05, 4.69) is 0 Å². The molecule has 0 heterocycles. The lowest BCUT2D eigenvalue weighted by Gasteiger charge is -2.15. The zero-order valence-electron chi connectivity index (χ0n) is 8.79. The van der Waals surface area contributed by atoms with Gasteiger partial charge in [0.05, 0.1) is 12.2 Å². The normalized spacial score (nSPS) is 13.8. The summed E-state index contributed by atoms with van der Waals surface area (Å²) in [5.41, 5.74) is -0.128. The Bertz CT molecular complexity index is 338. The monoisotopic (exact) mass is 250 g/mol. The van der Waals surface area contributed by atoms with Gasteiger partial charge in [-0.3, -0.25) is 0 Å². The molecule has 0 bridgehead atoms. The van der Waals surface area contributed by atoms with Crippen molar-refractivity contribution >= 4 is 11.8 Å². The van der Waals surface area contributed by atoms with Crippen molar-refractivity contribution < 1.29 is 18.3 Å². The molecule has 5 heteroatoms. The van der Waals surface area contributed by atoms with Gasteiger partial charge in [0.2, 0.25) is 0 Å². The second-order valence-electron chi connectivity index (χ2n) is 3.46. The minimum Gasteiger partial charge on any atom is -0.396 e. The molecule has 0 radical (unpaired) electrons. The maximum Gasteiger partial charge on any atom is 0.416 e. The molecule has 0 saturated carbocycles. The lowest BCUT2D eigenvalue weighted by molar-refractivity contribution is -0.137. The molecule has 1 aromatic carbocycles. The molecule has 0 aromatic heterocycles. The fraction of sp³-hybridized carbons (Fsp3) is 0.455. The fourth-order valence-corrected chi connectivity index (χ4v) is 2.12. The van der Waals surface area contributed by atoms with E-state index in [0.717, 1.165) is 12.1 Å². The van der Waals surface area contributed by atoms with E-state index in [4.69, 9.17) is 5.11 Å².